The number of carboxylic acid groups (broad SMARTS) is 1. The molecule has 0 radical (unpaired) electrons. The number of carbonyl (C=O) groups is 1. The zero-order chi connectivity index (χ0) is 20.5. The van der Waals surface area contributed by atoms with E-state index in [1.165, 1.54) is 0 Å². The zero-order valence-electron chi connectivity index (χ0n) is 17.6. The molecule has 1 atom stereocenters. The average molecular weight is 413 g/mol. The molecule has 2 N–H and O–H groups in total. The maximum Gasteiger partial charge on any atom is 0.404 e. The van der Waals surface area contributed by atoms with Crippen LogP contribution in [0.1, 0.15) is 27.2 Å². The third kappa shape index (κ3) is 9.64. The fraction of sp³-hybridized carbons (Fsp3) is 0.650. The van der Waals surface area contributed by atoms with Crippen molar-refractivity contribution < 1.29 is 14.3 Å². The topological polar surface area (TPSA) is 61.8 Å². The van der Waals surface area contributed by atoms with Gasteiger partial charge < -0.3 is 19.7 Å². The standard InChI is InChI=1S/C20H36N2O3SSi/c1-20(2,3)27(5,6)25-15-14-22(4)13-12-17(21-19(23)24)16-26-18-10-8-7-9-11-18/h7-11,17,21H,12-16H2,1-6H3,(H,23,24). The maximum atomic E-state index is 11.1. The summed E-state index contributed by atoms with van der Waals surface area (Å²) >= 11 is 1.68. The molecule has 0 aromatic heterocycles. The third-order valence-corrected chi connectivity index (χ3v) is 10.8. The highest BCUT2D eigenvalue weighted by atomic mass is 32.2. The van der Waals surface area contributed by atoms with E-state index in [1.54, 1.807) is 11.8 Å². The second-order valence-corrected chi connectivity index (χ2v) is 14.4. The Morgan fingerprint density at radius 2 is 1.89 bits per heavy atom. The molecule has 1 unspecified atom stereocenters. The molecule has 0 saturated carbocycles. The highest BCUT2D eigenvalue weighted by Crippen LogP contribution is 2.36. The van der Waals surface area contributed by atoms with Gasteiger partial charge in [-0.1, -0.05) is 39.0 Å². The van der Waals surface area contributed by atoms with Gasteiger partial charge in [-0.25, -0.2) is 4.79 Å². The van der Waals surface area contributed by atoms with Crippen LogP contribution in [0.2, 0.25) is 18.1 Å². The lowest BCUT2D eigenvalue weighted by molar-refractivity contribution is 0.187. The summed E-state index contributed by atoms with van der Waals surface area (Å²) in [7, 11) is 0.358. The van der Waals surface area contributed by atoms with Crippen LogP contribution in [-0.4, -0.2) is 63.0 Å². The van der Waals surface area contributed by atoms with E-state index in [2.05, 4.69) is 51.1 Å². The van der Waals surface area contributed by atoms with Gasteiger partial charge in [0.25, 0.3) is 0 Å². The molecule has 27 heavy (non-hydrogen) atoms. The molecular formula is C20H36N2O3SSi. The monoisotopic (exact) mass is 412 g/mol. The van der Waals surface area contributed by atoms with Crippen molar-refractivity contribution in [3.8, 4) is 0 Å². The minimum Gasteiger partial charge on any atom is -0.465 e. The molecule has 0 heterocycles. The Bertz CT molecular complexity index is 564. The van der Waals surface area contributed by atoms with Gasteiger partial charge >= 0.3 is 6.09 Å². The molecule has 0 saturated heterocycles. The van der Waals surface area contributed by atoms with Gasteiger partial charge in [-0.05, 0) is 50.3 Å². The lowest BCUT2D eigenvalue weighted by Gasteiger charge is -2.36. The molecular weight excluding hydrogens is 376 g/mol. The number of nitrogens with one attached hydrogen (secondary N) is 1. The van der Waals surface area contributed by atoms with Crippen molar-refractivity contribution >= 4 is 26.2 Å². The zero-order valence-corrected chi connectivity index (χ0v) is 19.4. The smallest absolute Gasteiger partial charge is 0.404 e. The first-order valence-electron chi connectivity index (χ1n) is 9.51. The predicted octanol–water partition coefficient (Wildman–Crippen LogP) is 4.76. The number of rotatable bonds is 11. The van der Waals surface area contributed by atoms with E-state index in [1.807, 2.05) is 30.3 Å². The van der Waals surface area contributed by atoms with Crippen molar-refractivity contribution in [2.75, 3.05) is 32.5 Å². The first-order valence-corrected chi connectivity index (χ1v) is 13.4. The number of hydrogen-bond donors (Lipinski definition) is 2. The van der Waals surface area contributed by atoms with Crippen molar-refractivity contribution in [2.45, 2.75) is 56.3 Å². The van der Waals surface area contributed by atoms with Crippen molar-refractivity contribution in [2.24, 2.45) is 0 Å². The Morgan fingerprint density at radius 1 is 1.26 bits per heavy atom. The number of amides is 1. The minimum absolute atomic E-state index is 0.0727. The summed E-state index contributed by atoms with van der Waals surface area (Å²) < 4.78 is 6.22. The molecule has 0 fully saturated rings. The van der Waals surface area contributed by atoms with Gasteiger partial charge in [0.15, 0.2) is 8.32 Å². The molecule has 0 aliphatic carbocycles. The van der Waals surface area contributed by atoms with E-state index in [9.17, 15) is 4.79 Å². The van der Waals surface area contributed by atoms with Crippen LogP contribution >= 0.6 is 11.8 Å². The normalized spacial score (nSPS) is 13.6. The summed E-state index contributed by atoms with van der Waals surface area (Å²) in [5.41, 5.74) is 0. The fourth-order valence-electron chi connectivity index (χ4n) is 2.25. The summed E-state index contributed by atoms with van der Waals surface area (Å²) in [6.45, 7) is 13.7. The molecule has 1 rings (SSSR count). The van der Waals surface area contributed by atoms with E-state index >= 15 is 0 Å². The van der Waals surface area contributed by atoms with Gasteiger partial charge in [0.05, 0.1) is 0 Å². The van der Waals surface area contributed by atoms with Crippen LogP contribution in [0.15, 0.2) is 35.2 Å². The quantitative estimate of drug-likeness (QED) is 0.405. The number of likely N-dealkylation sites (N-methyl/N-ethyl adjacent to an activating group) is 1. The summed E-state index contributed by atoms with van der Waals surface area (Å²) in [5.74, 6) is 0.727. The molecule has 1 amide bonds. The number of thioether (sulfide) groups is 1. The first-order chi connectivity index (χ1) is 12.5. The van der Waals surface area contributed by atoms with E-state index in [0.717, 1.165) is 36.8 Å². The van der Waals surface area contributed by atoms with Crippen LogP contribution in [0.3, 0.4) is 0 Å². The first kappa shape index (κ1) is 24.0. The Hall–Kier alpha value is -1.02. The third-order valence-electron chi connectivity index (χ3n) is 5.12. The number of hydrogen-bond acceptors (Lipinski definition) is 4. The Labute approximate surface area is 170 Å². The Morgan fingerprint density at radius 3 is 2.44 bits per heavy atom. The fourth-order valence-corrected chi connectivity index (χ4v) is 4.27. The van der Waals surface area contributed by atoms with E-state index in [4.69, 9.17) is 9.53 Å². The molecule has 1 aromatic carbocycles. The minimum atomic E-state index is -1.71. The van der Waals surface area contributed by atoms with E-state index in [0.29, 0.717) is 0 Å². The second-order valence-electron chi connectivity index (χ2n) is 8.47. The molecule has 7 heteroatoms. The van der Waals surface area contributed by atoms with Crippen molar-refractivity contribution in [3.63, 3.8) is 0 Å². The SMILES string of the molecule is CN(CCO[Si](C)(C)C(C)(C)C)CCC(CSc1ccccc1)NC(=O)O. The molecule has 1 aromatic rings. The van der Waals surface area contributed by atoms with Crippen molar-refractivity contribution in [1.29, 1.82) is 0 Å². The molecule has 0 aliphatic heterocycles. The molecule has 0 spiro atoms. The Kier molecular flexibility index (Phi) is 9.87. The average Bonchev–Trinajstić information content (AvgIpc) is 2.56. The lowest BCUT2D eigenvalue weighted by Crippen LogP contribution is -2.43. The van der Waals surface area contributed by atoms with Crippen molar-refractivity contribution in [1.82, 2.24) is 10.2 Å². The molecule has 154 valence electrons. The van der Waals surface area contributed by atoms with Crippen LogP contribution in [-0.2, 0) is 4.43 Å². The van der Waals surface area contributed by atoms with Gasteiger partial charge in [0.2, 0.25) is 0 Å². The van der Waals surface area contributed by atoms with Gasteiger partial charge in [-0.2, -0.15) is 0 Å². The van der Waals surface area contributed by atoms with Gasteiger partial charge in [0.1, 0.15) is 0 Å². The van der Waals surface area contributed by atoms with Gasteiger partial charge in [-0.3, -0.25) is 0 Å². The summed E-state index contributed by atoms with van der Waals surface area (Å²) in [4.78, 5) is 14.5. The highest BCUT2D eigenvalue weighted by Gasteiger charge is 2.36. The summed E-state index contributed by atoms with van der Waals surface area (Å²) in [5, 5.41) is 12.0. The van der Waals surface area contributed by atoms with E-state index < -0.39 is 14.4 Å². The second kappa shape index (κ2) is 11.1. The van der Waals surface area contributed by atoms with Crippen LogP contribution in [0.5, 0.6) is 0 Å². The van der Waals surface area contributed by atoms with Gasteiger partial charge in [0, 0.05) is 29.8 Å². The van der Waals surface area contributed by atoms with Crippen LogP contribution < -0.4 is 5.32 Å². The van der Waals surface area contributed by atoms with Crippen LogP contribution in [0.4, 0.5) is 4.79 Å². The molecule has 0 bridgehead atoms. The number of benzene rings is 1. The molecule has 5 nitrogen and oxygen atoms in total. The summed E-state index contributed by atoms with van der Waals surface area (Å²) in [6, 6.07) is 10.0. The highest BCUT2D eigenvalue weighted by molar-refractivity contribution is 7.99. The van der Waals surface area contributed by atoms with E-state index in [-0.39, 0.29) is 11.1 Å². The van der Waals surface area contributed by atoms with Crippen LogP contribution in [0, 0.1) is 0 Å². The summed E-state index contributed by atoms with van der Waals surface area (Å²) in [6.07, 6.45) is -0.180. The van der Waals surface area contributed by atoms with Gasteiger partial charge in [-0.15, -0.1) is 11.8 Å². The maximum absolute atomic E-state index is 11.1. The van der Waals surface area contributed by atoms with Crippen LogP contribution in [0.25, 0.3) is 0 Å². The molecule has 0 aliphatic rings. The Balaban J connectivity index is 2.39. The number of nitrogens with zero attached hydrogens (tertiary/aromatic N) is 1. The van der Waals surface area contributed by atoms with Crippen molar-refractivity contribution in [3.05, 3.63) is 30.3 Å². The predicted molar refractivity (Wildman–Crippen MR) is 117 cm³/mol. The largest absolute Gasteiger partial charge is 0.465 e. The lowest BCUT2D eigenvalue weighted by atomic mass is 10.2.